The highest BCUT2D eigenvalue weighted by molar-refractivity contribution is 5.69. The largest absolute Gasteiger partial charge is 0.480 e. The fourth-order valence-electron chi connectivity index (χ4n) is 1.51. The van der Waals surface area contributed by atoms with Crippen LogP contribution in [0, 0.1) is 0 Å². The SMILES string of the molecule is CCCCOCC(O)CN(CC(=O)O)C(C)(C)C. The van der Waals surface area contributed by atoms with Crippen LogP contribution < -0.4 is 0 Å². The van der Waals surface area contributed by atoms with Crippen LogP contribution in [-0.2, 0) is 9.53 Å². The van der Waals surface area contributed by atoms with E-state index in [1.165, 1.54) is 0 Å². The maximum absolute atomic E-state index is 10.8. The lowest BCUT2D eigenvalue weighted by Crippen LogP contribution is -2.48. The maximum atomic E-state index is 10.8. The summed E-state index contributed by atoms with van der Waals surface area (Å²) in [5.41, 5.74) is -0.289. The molecule has 0 saturated heterocycles. The molecule has 0 aromatic rings. The summed E-state index contributed by atoms with van der Waals surface area (Å²) in [5, 5.41) is 18.7. The number of rotatable bonds is 9. The van der Waals surface area contributed by atoms with Crippen LogP contribution in [0.4, 0.5) is 0 Å². The Morgan fingerprint density at radius 3 is 2.44 bits per heavy atom. The van der Waals surface area contributed by atoms with Gasteiger partial charge in [0.25, 0.3) is 0 Å². The van der Waals surface area contributed by atoms with E-state index < -0.39 is 12.1 Å². The number of carboxylic acids is 1. The van der Waals surface area contributed by atoms with Crippen LogP contribution in [-0.4, -0.2) is 59.0 Å². The van der Waals surface area contributed by atoms with Gasteiger partial charge >= 0.3 is 5.97 Å². The molecular formula is C13H27NO4. The summed E-state index contributed by atoms with van der Waals surface area (Å²) >= 11 is 0. The summed E-state index contributed by atoms with van der Waals surface area (Å²) in [5.74, 6) is -0.885. The maximum Gasteiger partial charge on any atom is 0.317 e. The van der Waals surface area contributed by atoms with Crippen molar-refractivity contribution in [3.8, 4) is 0 Å². The first kappa shape index (κ1) is 17.4. The molecule has 0 amide bonds. The molecule has 0 radical (unpaired) electrons. The second-order valence-corrected chi connectivity index (χ2v) is 5.53. The minimum Gasteiger partial charge on any atom is -0.480 e. The number of aliphatic hydroxyl groups excluding tert-OH is 1. The summed E-state index contributed by atoms with van der Waals surface area (Å²) in [7, 11) is 0. The Morgan fingerprint density at radius 2 is 2.00 bits per heavy atom. The normalized spacial score (nSPS) is 13.9. The van der Waals surface area contributed by atoms with E-state index >= 15 is 0 Å². The van der Waals surface area contributed by atoms with Crippen molar-refractivity contribution in [3.05, 3.63) is 0 Å². The predicted molar refractivity (Wildman–Crippen MR) is 70.7 cm³/mol. The first-order valence-corrected chi connectivity index (χ1v) is 6.50. The summed E-state index contributed by atoms with van der Waals surface area (Å²) in [4.78, 5) is 12.5. The van der Waals surface area contributed by atoms with Gasteiger partial charge in [-0.3, -0.25) is 9.69 Å². The molecule has 0 spiro atoms. The Balaban J connectivity index is 4.11. The monoisotopic (exact) mass is 261 g/mol. The summed E-state index contributed by atoms with van der Waals surface area (Å²) in [6, 6.07) is 0. The minimum atomic E-state index is -0.885. The smallest absolute Gasteiger partial charge is 0.317 e. The molecule has 5 heteroatoms. The Labute approximate surface area is 110 Å². The molecule has 0 aliphatic rings. The van der Waals surface area contributed by atoms with Gasteiger partial charge in [-0.1, -0.05) is 13.3 Å². The Hall–Kier alpha value is -0.650. The highest BCUT2D eigenvalue weighted by Gasteiger charge is 2.25. The average molecular weight is 261 g/mol. The van der Waals surface area contributed by atoms with Crippen LogP contribution in [0.2, 0.25) is 0 Å². The third kappa shape index (κ3) is 8.44. The number of β-amino-alcohol motifs (C(OH)–C–C–N with tert-alkyl or cyclic N) is 1. The number of aliphatic carboxylic acids is 1. The van der Waals surface area contributed by atoms with E-state index in [4.69, 9.17) is 9.84 Å². The van der Waals surface area contributed by atoms with Gasteiger partial charge in [-0.25, -0.2) is 0 Å². The van der Waals surface area contributed by atoms with Crippen LogP contribution in [0.5, 0.6) is 0 Å². The lowest BCUT2D eigenvalue weighted by Gasteiger charge is -2.35. The van der Waals surface area contributed by atoms with Gasteiger partial charge in [0.15, 0.2) is 0 Å². The number of hydrogen-bond acceptors (Lipinski definition) is 4. The highest BCUT2D eigenvalue weighted by atomic mass is 16.5. The van der Waals surface area contributed by atoms with Crippen molar-refractivity contribution in [1.29, 1.82) is 0 Å². The van der Waals surface area contributed by atoms with Gasteiger partial charge in [-0.2, -0.15) is 0 Å². The Kier molecular flexibility index (Phi) is 8.15. The molecule has 0 aliphatic carbocycles. The second kappa shape index (κ2) is 8.45. The third-order valence-corrected chi connectivity index (χ3v) is 2.66. The van der Waals surface area contributed by atoms with Crippen molar-refractivity contribution in [2.45, 2.75) is 52.2 Å². The minimum absolute atomic E-state index is 0.0739. The quantitative estimate of drug-likeness (QED) is 0.613. The molecule has 5 nitrogen and oxygen atoms in total. The van der Waals surface area contributed by atoms with Crippen molar-refractivity contribution in [1.82, 2.24) is 4.90 Å². The lowest BCUT2D eigenvalue weighted by atomic mass is 10.1. The Bertz CT molecular complexity index is 238. The van der Waals surface area contributed by atoms with Gasteiger partial charge in [-0.05, 0) is 27.2 Å². The summed E-state index contributed by atoms with van der Waals surface area (Å²) < 4.78 is 5.33. The molecule has 0 aliphatic heterocycles. The topological polar surface area (TPSA) is 70.0 Å². The summed E-state index contributed by atoms with van der Waals surface area (Å²) in [6.45, 7) is 9.00. The zero-order valence-electron chi connectivity index (χ0n) is 12.0. The van der Waals surface area contributed by atoms with Crippen LogP contribution in [0.1, 0.15) is 40.5 Å². The number of carboxylic acid groups (broad SMARTS) is 1. The van der Waals surface area contributed by atoms with Gasteiger partial charge in [0.1, 0.15) is 0 Å². The third-order valence-electron chi connectivity index (χ3n) is 2.66. The van der Waals surface area contributed by atoms with Crippen LogP contribution in [0.15, 0.2) is 0 Å². The van der Waals surface area contributed by atoms with Gasteiger partial charge in [0.2, 0.25) is 0 Å². The molecule has 2 N–H and O–H groups in total. The zero-order chi connectivity index (χ0) is 14.2. The molecule has 18 heavy (non-hydrogen) atoms. The molecule has 108 valence electrons. The zero-order valence-corrected chi connectivity index (χ0v) is 12.0. The van der Waals surface area contributed by atoms with E-state index in [1.54, 1.807) is 4.90 Å². The fourth-order valence-corrected chi connectivity index (χ4v) is 1.51. The molecular weight excluding hydrogens is 234 g/mol. The van der Waals surface area contributed by atoms with Crippen molar-refractivity contribution in [3.63, 3.8) is 0 Å². The molecule has 1 unspecified atom stereocenters. The lowest BCUT2D eigenvalue weighted by molar-refractivity contribution is -0.140. The van der Waals surface area contributed by atoms with E-state index in [0.717, 1.165) is 12.8 Å². The molecule has 0 fully saturated rings. The van der Waals surface area contributed by atoms with Crippen molar-refractivity contribution in [2.24, 2.45) is 0 Å². The summed E-state index contributed by atoms with van der Waals surface area (Å²) in [6.07, 6.45) is 1.38. The van der Waals surface area contributed by atoms with Crippen molar-refractivity contribution < 1.29 is 19.7 Å². The number of nitrogens with zero attached hydrogens (tertiary/aromatic N) is 1. The standard InChI is InChI=1S/C13H27NO4/c1-5-6-7-18-10-11(15)8-14(9-12(16)17)13(2,3)4/h11,15H,5-10H2,1-4H3,(H,16,17). The van der Waals surface area contributed by atoms with Crippen LogP contribution in [0.25, 0.3) is 0 Å². The predicted octanol–water partition coefficient (Wildman–Crippen LogP) is 1.35. The van der Waals surface area contributed by atoms with Gasteiger partial charge < -0.3 is 14.9 Å². The van der Waals surface area contributed by atoms with Crippen LogP contribution in [0.3, 0.4) is 0 Å². The van der Waals surface area contributed by atoms with E-state index in [-0.39, 0.29) is 18.7 Å². The van der Waals surface area contributed by atoms with Gasteiger partial charge in [0.05, 0.1) is 19.3 Å². The fraction of sp³-hybridized carbons (Fsp3) is 0.923. The average Bonchev–Trinajstić information content (AvgIpc) is 2.21. The van der Waals surface area contributed by atoms with Crippen molar-refractivity contribution in [2.75, 3.05) is 26.3 Å². The molecule has 1 atom stereocenters. The van der Waals surface area contributed by atoms with Crippen molar-refractivity contribution >= 4 is 5.97 Å². The van der Waals surface area contributed by atoms with E-state index in [0.29, 0.717) is 13.2 Å². The number of hydrogen-bond donors (Lipinski definition) is 2. The first-order chi connectivity index (χ1) is 8.27. The number of aliphatic hydroxyl groups is 1. The molecule has 0 rings (SSSR count). The van der Waals surface area contributed by atoms with Gasteiger partial charge in [0, 0.05) is 18.7 Å². The van der Waals surface area contributed by atoms with E-state index in [1.807, 2.05) is 20.8 Å². The first-order valence-electron chi connectivity index (χ1n) is 6.50. The number of ether oxygens (including phenoxy) is 1. The molecule has 0 aromatic heterocycles. The molecule has 0 bridgehead atoms. The van der Waals surface area contributed by atoms with E-state index in [2.05, 4.69) is 6.92 Å². The van der Waals surface area contributed by atoms with Gasteiger partial charge in [-0.15, -0.1) is 0 Å². The Morgan fingerprint density at radius 1 is 1.39 bits per heavy atom. The number of carbonyl (C=O) groups is 1. The second-order valence-electron chi connectivity index (χ2n) is 5.53. The molecule has 0 saturated carbocycles. The highest BCUT2D eigenvalue weighted by Crippen LogP contribution is 2.13. The van der Waals surface area contributed by atoms with Crippen LogP contribution >= 0.6 is 0 Å². The molecule has 0 aromatic carbocycles. The molecule has 0 heterocycles. The van der Waals surface area contributed by atoms with E-state index in [9.17, 15) is 9.90 Å². The number of unbranched alkanes of at least 4 members (excludes halogenated alkanes) is 1.